The Balaban J connectivity index is 1.73. The normalized spacial score (nSPS) is 32.5. The Labute approximate surface area is 106 Å². The van der Waals surface area contributed by atoms with Crippen molar-refractivity contribution in [1.29, 1.82) is 0 Å². The molecule has 2 rings (SSSR count). The fraction of sp³-hybridized carbons (Fsp3) is 1.00. The first-order chi connectivity index (χ1) is 8.12. The van der Waals surface area contributed by atoms with Gasteiger partial charge in [0.2, 0.25) is 0 Å². The molecule has 0 aromatic carbocycles. The number of ether oxygens (including phenoxy) is 1. The van der Waals surface area contributed by atoms with Crippen LogP contribution >= 0.6 is 0 Å². The average molecular weight is 240 g/mol. The highest BCUT2D eigenvalue weighted by Crippen LogP contribution is 2.33. The van der Waals surface area contributed by atoms with Gasteiger partial charge in [-0.25, -0.2) is 0 Å². The lowest BCUT2D eigenvalue weighted by molar-refractivity contribution is 0.0524. The van der Waals surface area contributed by atoms with E-state index in [-0.39, 0.29) is 0 Å². The van der Waals surface area contributed by atoms with Crippen LogP contribution in [0.15, 0.2) is 0 Å². The summed E-state index contributed by atoms with van der Waals surface area (Å²) >= 11 is 0. The highest BCUT2D eigenvalue weighted by atomic mass is 16.5. The molecule has 0 bridgehead atoms. The second kappa shape index (κ2) is 5.68. The largest absolute Gasteiger partial charge is 0.374 e. The Morgan fingerprint density at radius 2 is 1.94 bits per heavy atom. The predicted molar refractivity (Wildman–Crippen MR) is 71.3 cm³/mol. The maximum atomic E-state index is 5.84. The molecule has 2 atom stereocenters. The molecule has 1 aliphatic carbocycles. The summed E-state index contributed by atoms with van der Waals surface area (Å²) in [6.07, 6.45) is 8.83. The third-order valence-corrected chi connectivity index (χ3v) is 4.63. The number of rotatable bonds is 5. The van der Waals surface area contributed by atoms with Gasteiger partial charge in [0, 0.05) is 18.6 Å². The van der Waals surface area contributed by atoms with Crippen LogP contribution in [0.2, 0.25) is 0 Å². The molecule has 2 aliphatic rings. The van der Waals surface area contributed by atoms with Crippen molar-refractivity contribution in [3.8, 4) is 0 Å². The number of hydrogen-bond donors (Lipinski definition) is 1. The molecule has 0 aromatic heterocycles. The van der Waals surface area contributed by atoms with E-state index in [9.17, 15) is 0 Å². The van der Waals surface area contributed by atoms with E-state index in [1.165, 1.54) is 38.5 Å². The molecule has 17 heavy (non-hydrogen) atoms. The van der Waals surface area contributed by atoms with E-state index in [1.807, 2.05) is 0 Å². The topological polar surface area (TPSA) is 24.5 Å². The molecule has 1 heterocycles. The predicted octanol–water partition coefficient (Wildman–Crippen LogP) is 2.02. The second-order valence-electron chi connectivity index (χ2n) is 6.10. The van der Waals surface area contributed by atoms with Crippen LogP contribution < -0.4 is 5.32 Å². The van der Waals surface area contributed by atoms with Gasteiger partial charge in [0.1, 0.15) is 0 Å². The molecule has 1 saturated carbocycles. The van der Waals surface area contributed by atoms with Gasteiger partial charge in [0.05, 0.1) is 12.2 Å². The lowest BCUT2D eigenvalue weighted by atomic mass is 9.96. The standard InChI is InChI=1S/C14H28N2O/c1-12-6-7-13(17-12)10-15-11-14(16(2)3)8-4-5-9-14/h12-13,15H,4-11H2,1-3H3. The number of nitrogens with zero attached hydrogens (tertiary/aromatic N) is 1. The lowest BCUT2D eigenvalue weighted by Crippen LogP contribution is -2.50. The molecule has 0 spiro atoms. The zero-order chi connectivity index (χ0) is 12.3. The van der Waals surface area contributed by atoms with E-state index in [0.717, 1.165) is 13.1 Å². The summed E-state index contributed by atoms with van der Waals surface area (Å²) < 4.78 is 5.84. The third-order valence-electron chi connectivity index (χ3n) is 4.63. The Bertz CT molecular complexity index is 236. The summed E-state index contributed by atoms with van der Waals surface area (Å²) in [6.45, 7) is 4.33. The molecular weight excluding hydrogens is 212 g/mol. The van der Waals surface area contributed by atoms with Crippen LogP contribution in [0.25, 0.3) is 0 Å². The summed E-state index contributed by atoms with van der Waals surface area (Å²) in [4.78, 5) is 2.42. The molecule has 3 nitrogen and oxygen atoms in total. The van der Waals surface area contributed by atoms with Crippen molar-refractivity contribution >= 4 is 0 Å². The molecule has 100 valence electrons. The van der Waals surface area contributed by atoms with Gasteiger partial charge in [-0.1, -0.05) is 12.8 Å². The quantitative estimate of drug-likeness (QED) is 0.795. The smallest absolute Gasteiger partial charge is 0.0704 e. The van der Waals surface area contributed by atoms with Crippen LogP contribution in [0.3, 0.4) is 0 Å². The highest BCUT2D eigenvalue weighted by Gasteiger charge is 2.35. The second-order valence-corrected chi connectivity index (χ2v) is 6.10. The molecule has 1 aliphatic heterocycles. The van der Waals surface area contributed by atoms with Crippen LogP contribution in [-0.2, 0) is 4.74 Å². The van der Waals surface area contributed by atoms with Crippen LogP contribution in [-0.4, -0.2) is 49.8 Å². The van der Waals surface area contributed by atoms with Gasteiger partial charge in [-0.2, -0.15) is 0 Å². The van der Waals surface area contributed by atoms with Crippen molar-refractivity contribution in [3.05, 3.63) is 0 Å². The summed E-state index contributed by atoms with van der Waals surface area (Å²) in [6, 6.07) is 0. The fourth-order valence-electron chi connectivity index (χ4n) is 3.32. The molecule has 1 N–H and O–H groups in total. The van der Waals surface area contributed by atoms with Crippen LogP contribution in [0.5, 0.6) is 0 Å². The average Bonchev–Trinajstić information content (AvgIpc) is 2.89. The first-order valence-electron chi connectivity index (χ1n) is 7.16. The molecule has 0 aromatic rings. The van der Waals surface area contributed by atoms with Gasteiger partial charge in [-0.3, -0.25) is 0 Å². The first-order valence-corrected chi connectivity index (χ1v) is 7.16. The minimum Gasteiger partial charge on any atom is -0.374 e. The van der Waals surface area contributed by atoms with Crippen molar-refractivity contribution in [3.63, 3.8) is 0 Å². The molecule has 2 fully saturated rings. The van der Waals surface area contributed by atoms with E-state index in [0.29, 0.717) is 17.7 Å². The van der Waals surface area contributed by atoms with E-state index in [4.69, 9.17) is 4.74 Å². The van der Waals surface area contributed by atoms with Gasteiger partial charge in [-0.15, -0.1) is 0 Å². The zero-order valence-electron chi connectivity index (χ0n) is 11.7. The van der Waals surface area contributed by atoms with E-state index in [1.54, 1.807) is 0 Å². The highest BCUT2D eigenvalue weighted by molar-refractivity contribution is 4.94. The van der Waals surface area contributed by atoms with Gasteiger partial charge in [-0.05, 0) is 46.7 Å². The van der Waals surface area contributed by atoms with Crippen LogP contribution in [0, 0.1) is 0 Å². The molecule has 2 unspecified atom stereocenters. The minimum absolute atomic E-state index is 0.407. The number of hydrogen-bond acceptors (Lipinski definition) is 3. The fourth-order valence-corrected chi connectivity index (χ4v) is 3.32. The minimum atomic E-state index is 0.407. The maximum Gasteiger partial charge on any atom is 0.0704 e. The van der Waals surface area contributed by atoms with Crippen molar-refractivity contribution in [1.82, 2.24) is 10.2 Å². The third kappa shape index (κ3) is 3.21. The van der Waals surface area contributed by atoms with E-state index >= 15 is 0 Å². The van der Waals surface area contributed by atoms with E-state index < -0.39 is 0 Å². The summed E-state index contributed by atoms with van der Waals surface area (Å²) in [5.74, 6) is 0. The van der Waals surface area contributed by atoms with Gasteiger partial charge in [0.25, 0.3) is 0 Å². The van der Waals surface area contributed by atoms with Crippen molar-refractivity contribution in [2.24, 2.45) is 0 Å². The molecule has 3 heteroatoms. The van der Waals surface area contributed by atoms with Crippen molar-refractivity contribution < 1.29 is 4.74 Å². The van der Waals surface area contributed by atoms with Crippen molar-refractivity contribution in [2.75, 3.05) is 27.2 Å². The maximum absolute atomic E-state index is 5.84. The number of nitrogens with one attached hydrogen (secondary N) is 1. The lowest BCUT2D eigenvalue weighted by Gasteiger charge is -2.37. The number of likely N-dealkylation sites (N-methyl/N-ethyl adjacent to an activating group) is 1. The van der Waals surface area contributed by atoms with Gasteiger partial charge < -0.3 is 15.0 Å². The monoisotopic (exact) mass is 240 g/mol. The Morgan fingerprint density at radius 1 is 1.24 bits per heavy atom. The Hall–Kier alpha value is -0.120. The Morgan fingerprint density at radius 3 is 2.47 bits per heavy atom. The van der Waals surface area contributed by atoms with Crippen LogP contribution in [0.1, 0.15) is 45.4 Å². The van der Waals surface area contributed by atoms with Gasteiger partial charge in [0.15, 0.2) is 0 Å². The summed E-state index contributed by atoms with van der Waals surface area (Å²) in [5.41, 5.74) is 0.407. The van der Waals surface area contributed by atoms with E-state index in [2.05, 4.69) is 31.2 Å². The zero-order valence-corrected chi connectivity index (χ0v) is 11.7. The summed E-state index contributed by atoms with van der Waals surface area (Å²) in [7, 11) is 4.45. The van der Waals surface area contributed by atoms with Gasteiger partial charge >= 0.3 is 0 Å². The Kier molecular flexibility index (Phi) is 4.45. The molecule has 0 amide bonds. The van der Waals surface area contributed by atoms with Crippen LogP contribution in [0.4, 0.5) is 0 Å². The van der Waals surface area contributed by atoms with Crippen molar-refractivity contribution in [2.45, 2.75) is 63.2 Å². The first kappa shape index (κ1) is 13.3. The SMILES string of the molecule is CC1CCC(CNCC2(N(C)C)CCCC2)O1. The summed E-state index contributed by atoms with van der Waals surface area (Å²) in [5, 5.41) is 3.65. The molecular formula is C14H28N2O. The molecule has 1 saturated heterocycles. The molecule has 0 radical (unpaired) electrons.